The first-order valence-corrected chi connectivity index (χ1v) is 7.64. The van der Waals surface area contributed by atoms with Crippen LogP contribution in [-0.4, -0.2) is 30.4 Å². The minimum atomic E-state index is 0.147. The van der Waals surface area contributed by atoms with E-state index in [0.717, 1.165) is 41.7 Å². The standard InChI is InChI=1S/C13H19ClN2OS/c1-2-16(9-11-5-6-12(14)18-11)13(17)10-4-3-7-15-8-10/h5-6,10,15H,2-4,7-9H2,1H3/t10-/m0/s1. The van der Waals surface area contributed by atoms with Crippen molar-refractivity contribution in [1.82, 2.24) is 10.2 Å². The summed E-state index contributed by atoms with van der Waals surface area (Å²) in [6, 6.07) is 3.89. The Hall–Kier alpha value is -0.580. The maximum absolute atomic E-state index is 12.4. The van der Waals surface area contributed by atoms with E-state index in [-0.39, 0.29) is 11.8 Å². The predicted octanol–water partition coefficient (Wildman–Crippen LogP) is 2.75. The zero-order valence-electron chi connectivity index (χ0n) is 10.6. The first-order chi connectivity index (χ1) is 8.70. The van der Waals surface area contributed by atoms with E-state index >= 15 is 0 Å². The molecule has 0 radical (unpaired) electrons. The van der Waals surface area contributed by atoms with Gasteiger partial charge in [-0.25, -0.2) is 0 Å². The Bertz CT molecular complexity index is 401. The molecule has 18 heavy (non-hydrogen) atoms. The molecule has 1 aromatic heterocycles. The fourth-order valence-electron chi connectivity index (χ4n) is 2.29. The molecule has 1 N–H and O–H groups in total. The molecule has 1 aliphatic rings. The molecule has 1 saturated heterocycles. The van der Waals surface area contributed by atoms with Gasteiger partial charge in [-0.2, -0.15) is 0 Å². The van der Waals surface area contributed by atoms with Gasteiger partial charge in [-0.3, -0.25) is 4.79 Å². The topological polar surface area (TPSA) is 32.3 Å². The molecule has 2 heterocycles. The molecule has 0 unspecified atom stereocenters. The van der Waals surface area contributed by atoms with Gasteiger partial charge < -0.3 is 10.2 Å². The number of amides is 1. The smallest absolute Gasteiger partial charge is 0.227 e. The highest BCUT2D eigenvalue weighted by atomic mass is 35.5. The highest BCUT2D eigenvalue weighted by Gasteiger charge is 2.25. The van der Waals surface area contributed by atoms with Crippen molar-refractivity contribution < 1.29 is 4.79 Å². The van der Waals surface area contributed by atoms with Crippen LogP contribution in [0.1, 0.15) is 24.6 Å². The maximum Gasteiger partial charge on any atom is 0.227 e. The lowest BCUT2D eigenvalue weighted by Gasteiger charge is -2.28. The molecule has 2 rings (SSSR count). The van der Waals surface area contributed by atoms with Crippen molar-refractivity contribution in [3.63, 3.8) is 0 Å². The van der Waals surface area contributed by atoms with E-state index in [0.29, 0.717) is 6.54 Å². The lowest BCUT2D eigenvalue weighted by molar-refractivity contribution is -0.136. The summed E-state index contributed by atoms with van der Waals surface area (Å²) < 4.78 is 0.785. The van der Waals surface area contributed by atoms with E-state index in [4.69, 9.17) is 11.6 Å². The molecule has 0 saturated carbocycles. The highest BCUT2D eigenvalue weighted by Crippen LogP contribution is 2.23. The average molecular weight is 287 g/mol. The Morgan fingerprint density at radius 1 is 1.61 bits per heavy atom. The summed E-state index contributed by atoms with van der Waals surface area (Å²) in [7, 11) is 0. The van der Waals surface area contributed by atoms with Crippen LogP contribution in [0.3, 0.4) is 0 Å². The lowest BCUT2D eigenvalue weighted by Crippen LogP contribution is -2.42. The van der Waals surface area contributed by atoms with Crippen molar-refractivity contribution in [3.05, 3.63) is 21.3 Å². The van der Waals surface area contributed by atoms with Crippen LogP contribution < -0.4 is 5.32 Å². The van der Waals surface area contributed by atoms with E-state index in [2.05, 4.69) is 5.32 Å². The van der Waals surface area contributed by atoms with Crippen LogP contribution in [0.4, 0.5) is 0 Å². The highest BCUT2D eigenvalue weighted by molar-refractivity contribution is 7.16. The van der Waals surface area contributed by atoms with Crippen molar-refractivity contribution in [2.24, 2.45) is 5.92 Å². The lowest BCUT2D eigenvalue weighted by atomic mass is 9.98. The normalized spacial score (nSPS) is 19.8. The van der Waals surface area contributed by atoms with Gasteiger partial charge in [0.05, 0.1) is 16.8 Å². The van der Waals surface area contributed by atoms with Crippen molar-refractivity contribution in [1.29, 1.82) is 0 Å². The molecule has 1 fully saturated rings. The molecule has 1 atom stereocenters. The number of nitrogens with zero attached hydrogens (tertiary/aromatic N) is 1. The SMILES string of the molecule is CCN(Cc1ccc(Cl)s1)C(=O)[C@H]1CCCNC1. The molecule has 1 aromatic rings. The quantitative estimate of drug-likeness (QED) is 0.923. The van der Waals surface area contributed by atoms with Gasteiger partial charge >= 0.3 is 0 Å². The largest absolute Gasteiger partial charge is 0.338 e. The molecule has 3 nitrogen and oxygen atoms in total. The van der Waals surface area contributed by atoms with Gasteiger partial charge in [-0.1, -0.05) is 11.6 Å². The monoisotopic (exact) mass is 286 g/mol. The van der Waals surface area contributed by atoms with E-state index in [9.17, 15) is 4.79 Å². The average Bonchev–Trinajstić information content (AvgIpc) is 2.82. The van der Waals surface area contributed by atoms with Gasteiger partial charge in [0, 0.05) is 18.0 Å². The summed E-state index contributed by atoms with van der Waals surface area (Å²) >= 11 is 7.47. The third kappa shape index (κ3) is 3.46. The number of piperidine rings is 1. The minimum absolute atomic E-state index is 0.147. The second kappa shape index (κ2) is 6.55. The fourth-order valence-corrected chi connectivity index (χ4v) is 3.39. The first-order valence-electron chi connectivity index (χ1n) is 6.44. The Morgan fingerprint density at radius 3 is 3.00 bits per heavy atom. The number of rotatable bonds is 4. The third-order valence-corrected chi connectivity index (χ3v) is 4.53. The van der Waals surface area contributed by atoms with Crippen LogP contribution in [0.2, 0.25) is 4.34 Å². The van der Waals surface area contributed by atoms with E-state index in [1.807, 2.05) is 24.0 Å². The number of nitrogens with one attached hydrogen (secondary N) is 1. The molecule has 0 aromatic carbocycles. The molecule has 1 aliphatic heterocycles. The van der Waals surface area contributed by atoms with Crippen LogP contribution in [0.15, 0.2) is 12.1 Å². The van der Waals surface area contributed by atoms with Crippen molar-refractivity contribution in [2.75, 3.05) is 19.6 Å². The second-order valence-electron chi connectivity index (χ2n) is 4.60. The van der Waals surface area contributed by atoms with Crippen LogP contribution >= 0.6 is 22.9 Å². The van der Waals surface area contributed by atoms with Gasteiger partial charge in [-0.15, -0.1) is 11.3 Å². The Kier molecular flexibility index (Phi) is 5.03. The molecule has 1 amide bonds. The molecule has 100 valence electrons. The van der Waals surface area contributed by atoms with Crippen LogP contribution in [0, 0.1) is 5.92 Å². The fraction of sp³-hybridized carbons (Fsp3) is 0.615. The third-order valence-electron chi connectivity index (χ3n) is 3.32. The van der Waals surface area contributed by atoms with Gasteiger partial charge in [0.2, 0.25) is 5.91 Å². The van der Waals surface area contributed by atoms with Crippen molar-refractivity contribution in [2.45, 2.75) is 26.3 Å². The van der Waals surface area contributed by atoms with Gasteiger partial charge in [-0.05, 0) is 38.4 Å². The molecule has 5 heteroatoms. The van der Waals surface area contributed by atoms with E-state index in [1.165, 1.54) is 0 Å². The van der Waals surface area contributed by atoms with E-state index in [1.54, 1.807) is 11.3 Å². The van der Waals surface area contributed by atoms with Crippen LogP contribution in [-0.2, 0) is 11.3 Å². The molecular formula is C13H19ClN2OS. The Morgan fingerprint density at radius 2 is 2.44 bits per heavy atom. The molecular weight excluding hydrogens is 268 g/mol. The molecule has 0 aliphatic carbocycles. The number of hydrogen-bond acceptors (Lipinski definition) is 3. The van der Waals surface area contributed by atoms with Gasteiger partial charge in [0.1, 0.15) is 0 Å². The van der Waals surface area contributed by atoms with E-state index < -0.39 is 0 Å². The minimum Gasteiger partial charge on any atom is -0.338 e. The number of hydrogen-bond donors (Lipinski definition) is 1. The van der Waals surface area contributed by atoms with Crippen molar-refractivity contribution >= 4 is 28.8 Å². The van der Waals surface area contributed by atoms with Crippen LogP contribution in [0.5, 0.6) is 0 Å². The zero-order valence-corrected chi connectivity index (χ0v) is 12.2. The summed E-state index contributed by atoms with van der Waals surface area (Å²) in [5, 5.41) is 3.30. The first kappa shape index (κ1) is 13.8. The number of carbonyl (C=O) groups excluding carboxylic acids is 1. The van der Waals surface area contributed by atoms with Gasteiger partial charge in [0.25, 0.3) is 0 Å². The number of halogens is 1. The molecule has 0 spiro atoms. The summed E-state index contributed by atoms with van der Waals surface area (Å²) in [5.41, 5.74) is 0. The van der Waals surface area contributed by atoms with Crippen LogP contribution in [0.25, 0.3) is 0 Å². The Balaban J connectivity index is 1.96. The second-order valence-corrected chi connectivity index (χ2v) is 6.40. The zero-order chi connectivity index (χ0) is 13.0. The summed E-state index contributed by atoms with van der Waals surface area (Å²) in [4.78, 5) is 15.5. The predicted molar refractivity (Wildman–Crippen MR) is 76.0 cm³/mol. The van der Waals surface area contributed by atoms with Gasteiger partial charge in [0.15, 0.2) is 0 Å². The molecule has 0 bridgehead atoms. The maximum atomic E-state index is 12.4. The summed E-state index contributed by atoms with van der Waals surface area (Å²) in [5.74, 6) is 0.420. The van der Waals surface area contributed by atoms with Crippen molar-refractivity contribution in [3.8, 4) is 0 Å². The number of carbonyl (C=O) groups is 1. The number of thiophene rings is 1. The Labute approximate surface area is 117 Å². The summed E-state index contributed by atoms with van der Waals surface area (Å²) in [6.07, 6.45) is 2.10. The summed E-state index contributed by atoms with van der Waals surface area (Å²) in [6.45, 7) is 5.33.